The van der Waals surface area contributed by atoms with Gasteiger partial charge in [0.25, 0.3) is 5.56 Å². The highest BCUT2D eigenvalue weighted by Gasteiger charge is 2.22. The van der Waals surface area contributed by atoms with E-state index in [1.807, 2.05) is 6.07 Å². The number of fused-ring (bicyclic) bond motifs is 1. The average Bonchev–Trinajstić information content (AvgIpc) is 3.00. The molecule has 14 nitrogen and oxygen atoms in total. The number of nitrogens with two attached hydrogens (primary N) is 1. The van der Waals surface area contributed by atoms with Gasteiger partial charge in [0.1, 0.15) is 41.2 Å². The number of nitriles is 1. The van der Waals surface area contributed by atoms with Gasteiger partial charge in [0.15, 0.2) is 6.61 Å². The molecular formula is C30H24ClN9O5. The number of aromatic nitrogens is 4. The zero-order valence-corrected chi connectivity index (χ0v) is 24.2. The summed E-state index contributed by atoms with van der Waals surface area (Å²) in [6, 6.07) is 18.4. The van der Waals surface area contributed by atoms with Crippen LogP contribution in [0, 0.1) is 11.3 Å². The van der Waals surface area contributed by atoms with Crippen molar-refractivity contribution in [3.8, 4) is 17.5 Å². The van der Waals surface area contributed by atoms with Crippen LogP contribution in [0.3, 0.4) is 0 Å². The number of anilines is 4. The molecule has 3 aromatic carbocycles. The van der Waals surface area contributed by atoms with Crippen LogP contribution in [-0.2, 0) is 4.79 Å². The number of carbonyl (C=O) groups excluding carboxylic acids is 1. The molecule has 0 bridgehead atoms. The summed E-state index contributed by atoms with van der Waals surface area (Å²) >= 11 is 6.43. The Morgan fingerprint density at radius 1 is 1.11 bits per heavy atom. The quantitative estimate of drug-likeness (QED) is 0.153. The highest BCUT2D eigenvalue weighted by molar-refractivity contribution is 6.35. The van der Waals surface area contributed by atoms with Crippen LogP contribution in [0.4, 0.5) is 27.8 Å². The molecule has 0 aliphatic rings. The van der Waals surface area contributed by atoms with Crippen molar-refractivity contribution in [1.29, 1.82) is 5.26 Å². The van der Waals surface area contributed by atoms with Crippen molar-refractivity contribution in [2.45, 2.75) is 13.0 Å². The third-order valence-corrected chi connectivity index (χ3v) is 6.77. The van der Waals surface area contributed by atoms with E-state index in [0.29, 0.717) is 16.9 Å². The molecule has 6 N–H and O–H groups in total. The largest absolute Gasteiger partial charge is 0.480 e. The number of nitrogens with zero attached hydrogens (tertiary/aromatic N) is 5. The van der Waals surface area contributed by atoms with Gasteiger partial charge >= 0.3 is 12.0 Å². The molecule has 226 valence electrons. The second-order valence-corrected chi connectivity index (χ2v) is 9.92. The number of nitrogens with one attached hydrogen (secondary N) is 3. The zero-order chi connectivity index (χ0) is 32.1. The number of carbonyl (C=O) groups is 2. The molecule has 45 heavy (non-hydrogen) atoms. The Bertz CT molecular complexity index is 2040. The number of carboxylic acids is 1. The van der Waals surface area contributed by atoms with E-state index >= 15 is 0 Å². The number of halogens is 1. The number of hydrogen-bond donors (Lipinski definition) is 5. The molecule has 1 unspecified atom stereocenters. The molecule has 1 atom stereocenters. The predicted molar refractivity (Wildman–Crippen MR) is 168 cm³/mol. The Hall–Kier alpha value is -6.20. The molecular weight excluding hydrogens is 602 g/mol. The molecule has 2 amide bonds. The second-order valence-electron chi connectivity index (χ2n) is 9.51. The SMILES string of the molecule is CC(Nc1ncnc(N)c1C#N)c1nc2cccc(Cl)c2c(=O)n1-c1cccc(NC(=O)Nc2ccccc2OCC(=O)O)c1. The van der Waals surface area contributed by atoms with E-state index in [4.69, 9.17) is 32.2 Å². The summed E-state index contributed by atoms with van der Waals surface area (Å²) in [6.07, 6.45) is 1.21. The van der Waals surface area contributed by atoms with Crippen LogP contribution >= 0.6 is 11.6 Å². The first-order chi connectivity index (χ1) is 21.7. The van der Waals surface area contributed by atoms with Gasteiger partial charge in [-0.3, -0.25) is 9.36 Å². The van der Waals surface area contributed by atoms with Gasteiger partial charge in [-0.2, -0.15) is 5.26 Å². The van der Waals surface area contributed by atoms with Crippen LogP contribution in [0.1, 0.15) is 24.4 Å². The standard InChI is InChI=1S/C30H24ClN9O5/c1-16(36-27-19(13-32)26(33)34-15-35-27)28-38-22-10-5-8-20(31)25(22)29(43)40(28)18-7-4-6-17(12-18)37-30(44)39-21-9-2-3-11-23(21)45-14-24(41)42/h2-12,15-16H,14H2,1H3,(H,41,42)(H2,37,39,44)(H3,33,34,35,36). The van der Waals surface area contributed by atoms with E-state index in [1.165, 1.54) is 17.0 Å². The molecule has 0 spiro atoms. The van der Waals surface area contributed by atoms with Gasteiger partial charge in [0.2, 0.25) is 0 Å². The molecule has 2 aromatic heterocycles. The monoisotopic (exact) mass is 625 g/mol. The zero-order valence-electron chi connectivity index (χ0n) is 23.5. The van der Waals surface area contributed by atoms with E-state index in [9.17, 15) is 19.6 Å². The second kappa shape index (κ2) is 13.0. The first-order valence-corrected chi connectivity index (χ1v) is 13.6. The number of carboxylic acid groups (broad SMARTS) is 1. The lowest BCUT2D eigenvalue weighted by molar-refractivity contribution is -0.139. The molecule has 15 heteroatoms. The third-order valence-electron chi connectivity index (χ3n) is 6.45. The molecule has 0 radical (unpaired) electrons. The maximum absolute atomic E-state index is 14.0. The minimum atomic E-state index is -1.17. The van der Waals surface area contributed by atoms with Crippen LogP contribution in [-0.4, -0.2) is 43.2 Å². The van der Waals surface area contributed by atoms with E-state index in [2.05, 4.69) is 25.9 Å². The summed E-state index contributed by atoms with van der Waals surface area (Å²) in [7, 11) is 0. The summed E-state index contributed by atoms with van der Waals surface area (Å²) in [5, 5.41) is 27.3. The lowest BCUT2D eigenvalue weighted by atomic mass is 10.2. The Labute approximate surface area is 260 Å². The fraction of sp³-hybridized carbons (Fsp3) is 0.100. The van der Waals surface area contributed by atoms with Gasteiger partial charge in [0, 0.05) is 5.69 Å². The van der Waals surface area contributed by atoms with Crippen molar-refractivity contribution in [1.82, 2.24) is 19.5 Å². The van der Waals surface area contributed by atoms with Crippen LogP contribution in [0.15, 0.2) is 77.9 Å². The minimum absolute atomic E-state index is 0.00836. The van der Waals surface area contributed by atoms with E-state index in [1.54, 1.807) is 67.6 Å². The van der Waals surface area contributed by atoms with Crippen LogP contribution in [0.5, 0.6) is 5.75 Å². The number of benzene rings is 3. The van der Waals surface area contributed by atoms with Crippen molar-refractivity contribution in [3.05, 3.63) is 99.8 Å². The summed E-state index contributed by atoms with van der Waals surface area (Å²) < 4.78 is 6.60. The Kier molecular flexibility index (Phi) is 8.73. The van der Waals surface area contributed by atoms with Gasteiger partial charge in [-0.15, -0.1) is 0 Å². The molecule has 0 aliphatic heterocycles. The van der Waals surface area contributed by atoms with Gasteiger partial charge in [-0.05, 0) is 49.4 Å². The number of amides is 2. The topological polar surface area (TPSA) is 210 Å². The fourth-order valence-corrected chi connectivity index (χ4v) is 4.73. The number of para-hydroxylation sites is 2. The van der Waals surface area contributed by atoms with Gasteiger partial charge in [-0.1, -0.05) is 35.9 Å². The van der Waals surface area contributed by atoms with Crippen LogP contribution in [0.25, 0.3) is 16.6 Å². The molecule has 0 fully saturated rings. The summed E-state index contributed by atoms with van der Waals surface area (Å²) in [5.41, 5.74) is 6.70. The summed E-state index contributed by atoms with van der Waals surface area (Å²) in [4.78, 5) is 50.5. The lowest BCUT2D eigenvalue weighted by Gasteiger charge is -2.21. The highest BCUT2D eigenvalue weighted by Crippen LogP contribution is 2.27. The Morgan fingerprint density at radius 2 is 1.89 bits per heavy atom. The van der Waals surface area contributed by atoms with E-state index < -0.39 is 30.2 Å². The fourth-order valence-electron chi connectivity index (χ4n) is 4.48. The normalized spacial score (nSPS) is 11.3. The first kappa shape index (κ1) is 30.3. The van der Waals surface area contributed by atoms with Gasteiger partial charge in [-0.25, -0.2) is 24.5 Å². The lowest BCUT2D eigenvalue weighted by Crippen LogP contribution is -2.28. The first-order valence-electron chi connectivity index (χ1n) is 13.3. The number of rotatable bonds is 9. The minimum Gasteiger partial charge on any atom is -0.480 e. The van der Waals surface area contributed by atoms with Crippen molar-refractivity contribution in [2.24, 2.45) is 0 Å². The average molecular weight is 626 g/mol. The van der Waals surface area contributed by atoms with Crippen LogP contribution < -0.4 is 32.0 Å². The smallest absolute Gasteiger partial charge is 0.341 e. The van der Waals surface area contributed by atoms with E-state index in [0.717, 1.165) is 0 Å². The number of ether oxygens (including phenoxy) is 1. The number of hydrogen-bond acceptors (Lipinski definition) is 10. The van der Waals surface area contributed by atoms with Crippen molar-refractivity contribution < 1.29 is 19.4 Å². The van der Waals surface area contributed by atoms with Crippen molar-refractivity contribution >= 4 is 57.5 Å². The summed E-state index contributed by atoms with van der Waals surface area (Å²) in [6.45, 7) is 1.15. The van der Waals surface area contributed by atoms with Gasteiger partial charge < -0.3 is 31.5 Å². The number of nitrogen functional groups attached to an aromatic ring is 1. The maximum atomic E-state index is 14.0. The van der Waals surface area contributed by atoms with Crippen LogP contribution in [0.2, 0.25) is 5.02 Å². The van der Waals surface area contributed by atoms with Gasteiger partial charge in [0.05, 0.1) is 33.3 Å². The van der Waals surface area contributed by atoms with E-state index in [-0.39, 0.29) is 44.9 Å². The molecule has 5 rings (SSSR count). The maximum Gasteiger partial charge on any atom is 0.341 e. The molecule has 0 aliphatic carbocycles. The Balaban J connectivity index is 1.51. The third kappa shape index (κ3) is 6.58. The number of urea groups is 1. The molecule has 2 heterocycles. The molecule has 5 aromatic rings. The highest BCUT2D eigenvalue weighted by atomic mass is 35.5. The Morgan fingerprint density at radius 3 is 2.67 bits per heavy atom. The van der Waals surface area contributed by atoms with Crippen molar-refractivity contribution in [2.75, 3.05) is 28.3 Å². The predicted octanol–water partition coefficient (Wildman–Crippen LogP) is 4.56. The summed E-state index contributed by atoms with van der Waals surface area (Å²) in [5.74, 6) is -0.593. The van der Waals surface area contributed by atoms with Crippen molar-refractivity contribution in [3.63, 3.8) is 0 Å². The molecule has 0 saturated carbocycles. The molecule has 0 saturated heterocycles. The number of aliphatic carboxylic acids is 1.